The van der Waals surface area contributed by atoms with E-state index in [9.17, 15) is 4.79 Å². The molecule has 0 aliphatic carbocycles. The number of hydrogen-bond acceptors (Lipinski definition) is 4. The first-order valence-corrected chi connectivity index (χ1v) is 4.71. The number of piperidine rings is 1. The smallest absolute Gasteiger partial charge is 0.237 e. The van der Waals surface area contributed by atoms with E-state index in [2.05, 4.69) is 15.8 Å². The predicted molar refractivity (Wildman–Crippen MR) is 52.1 cm³/mol. The van der Waals surface area contributed by atoms with Crippen LogP contribution in [0, 0.1) is 0 Å². The largest absolute Gasteiger partial charge is 0.409 e. The van der Waals surface area contributed by atoms with E-state index in [-0.39, 0.29) is 17.8 Å². The Morgan fingerprint density at radius 1 is 1.79 bits per heavy atom. The second-order valence-corrected chi connectivity index (χ2v) is 3.28. The average Bonchev–Trinajstić information content (AvgIpc) is 2.20. The maximum atomic E-state index is 11.3. The zero-order valence-electron chi connectivity index (χ0n) is 7.99. The summed E-state index contributed by atoms with van der Waals surface area (Å²) in [7, 11) is 0. The van der Waals surface area contributed by atoms with Gasteiger partial charge in [-0.1, -0.05) is 5.16 Å². The van der Waals surface area contributed by atoms with Crippen molar-refractivity contribution in [2.24, 2.45) is 10.9 Å². The molecule has 0 aromatic rings. The van der Waals surface area contributed by atoms with Crippen LogP contribution in [0.2, 0.25) is 0 Å². The summed E-state index contributed by atoms with van der Waals surface area (Å²) in [5.74, 6) is 0.212. The molecule has 1 atom stereocenters. The van der Waals surface area contributed by atoms with Crippen LogP contribution in [0.3, 0.4) is 0 Å². The minimum absolute atomic E-state index is 0.0377. The number of rotatable bonds is 4. The van der Waals surface area contributed by atoms with Gasteiger partial charge in [0.25, 0.3) is 0 Å². The van der Waals surface area contributed by atoms with Gasteiger partial charge < -0.3 is 21.6 Å². The van der Waals surface area contributed by atoms with Crippen molar-refractivity contribution in [2.75, 3.05) is 13.1 Å². The number of carbonyl (C=O) groups is 1. The van der Waals surface area contributed by atoms with Gasteiger partial charge in [-0.2, -0.15) is 0 Å². The number of amides is 1. The van der Waals surface area contributed by atoms with Gasteiger partial charge in [-0.05, 0) is 12.8 Å². The summed E-state index contributed by atoms with van der Waals surface area (Å²) in [6.45, 7) is 1.31. The highest BCUT2D eigenvalue weighted by Gasteiger charge is 2.20. The third-order valence-corrected chi connectivity index (χ3v) is 2.19. The number of hydrogen-bond donors (Lipinski definition) is 4. The molecule has 14 heavy (non-hydrogen) atoms. The van der Waals surface area contributed by atoms with E-state index in [0.717, 1.165) is 19.4 Å². The lowest BCUT2D eigenvalue weighted by atomic mass is 10.1. The van der Waals surface area contributed by atoms with Crippen LogP contribution >= 0.6 is 0 Å². The molecule has 1 heterocycles. The Bertz CT molecular complexity index is 229. The molecule has 1 aliphatic heterocycles. The minimum atomic E-state index is -0.129. The topological polar surface area (TPSA) is 99.7 Å². The van der Waals surface area contributed by atoms with Crippen molar-refractivity contribution in [1.29, 1.82) is 0 Å². The summed E-state index contributed by atoms with van der Waals surface area (Å²) in [4.78, 5) is 11.3. The van der Waals surface area contributed by atoms with Crippen molar-refractivity contribution in [3.05, 3.63) is 0 Å². The van der Waals surface area contributed by atoms with E-state index in [4.69, 9.17) is 10.9 Å². The van der Waals surface area contributed by atoms with E-state index in [1.165, 1.54) is 0 Å². The van der Waals surface area contributed by atoms with Gasteiger partial charge in [0.1, 0.15) is 5.84 Å². The van der Waals surface area contributed by atoms with Gasteiger partial charge in [-0.3, -0.25) is 4.79 Å². The van der Waals surface area contributed by atoms with Crippen LogP contribution in [-0.4, -0.2) is 36.1 Å². The molecule has 5 N–H and O–H groups in total. The lowest BCUT2D eigenvalue weighted by Gasteiger charge is -2.22. The van der Waals surface area contributed by atoms with Crippen LogP contribution in [0.1, 0.15) is 19.3 Å². The SMILES string of the molecule is NC(CCNC1CCCNC1=O)=NO. The van der Waals surface area contributed by atoms with Crippen molar-refractivity contribution in [2.45, 2.75) is 25.3 Å². The Labute approximate surface area is 82.5 Å². The fourth-order valence-electron chi connectivity index (χ4n) is 1.39. The van der Waals surface area contributed by atoms with Gasteiger partial charge in [0, 0.05) is 19.5 Å². The molecule has 0 saturated carbocycles. The summed E-state index contributed by atoms with van der Waals surface area (Å²) < 4.78 is 0. The third kappa shape index (κ3) is 3.21. The number of nitrogens with one attached hydrogen (secondary N) is 2. The van der Waals surface area contributed by atoms with Gasteiger partial charge in [0.05, 0.1) is 6.04 Å². The van der Waals surface area contributed by atoms with E-state index < -0.39 is 0 Å². The summed E-state index contributed by atoms with van der Waals surface area (Å²) in [5.41, 5.74) is 5.28. The number of nitrogens with two attached hydrogens (primary N) is 1. The first kappa shape index (κ1) is 10.8. The molecule has 1 amide bonds. The van der Waals surface area contributed by atoms with Crippen LogP contribution in [0.4, 0.5) is 0 Å². The molecule has 0 bridgehead atoms. The van der Waals surface area contributed by atoms with Crippen LogP contribution in [0.5, 0.6) is 0 Å². The van der Waals surface area contributed by atoms with Crippen molar-refractivity contribution >= 4 is 11.7 Å². The molecule has 1 unspecified atom stereocenters. The van der Waals surface area contributed by atoms with Gasteiger partial charge in [0.2, 0.25) is 5.91 Å². The van der Waals surface area contributed by atoms with Gasteiger partial charge in [-0.25, -0.2) is 0 Å². The second kappa shape index (κ2) is 5.43. The van der Waals surface area contributed by atoms with Gasteiger partial charge in [0.15, 0.2) is 0 Å². The Balaban J connectivity index is 2.20. The fraction of sp³-hybridized carbons (Fsp3) is 0.750. The van der Waals surface area contributed by atoms with Crippen LogP contribution in [-0.2, 0) is 4.79 Å². The molecule has 80 valence electrons. The highest BCUT2D eigenvalue weighted by Crippen LogP contribution is 2.02. The quantitative estimate of drug-likeness (QED) is 0.202. The maximum absolute atomic E-state index is 11.3. The molecule has 0 aromatic heterocycles. The molecule has 6 nitrogen and oxygen atoms in total. The van der Waals surface area contributed by atoms with Crippen molar-refractivity contribution in [3.63, 3.8) is 0 Å². The molecule has 1 fully saturated rings. The summed E-state index contributed by atoms with van der Waals surface area (Å²) >= 11 is 0. The molecule has 1 rings (SSSR count). The molecule has 1 aliphatic rings. The van der Waals surface area contributed by atoms with Crippen molar-refractivity contribution < 1.29 is 10.0 Å². The second-order valence-electron chi connectivity index (χ2n) is 3.28. The molecule has 6 heteroatoms. The Morgan fingerprint density at radius 3 is 3.21 bits per heavy atom. The van der Waals surface area contributed by atoms with Crippen LogP contribution in [0.15, 0.2) is 5.16 Å². The van der Waals surface area contributed by atoms with Gasteiger partial charge in [-0.15, -0.1) is 0 Å². The first-order chi connectivity index (χ1) is 6.74. The molecule has 0 radical (unpaired) electrons. The number of amidine groups is 1. The Hall–Kier alpha value is -1.30. The van der Waals surface area contributed by atoms with Crippen LogP contribution in [0.25, 0.3) is 0 Å². The maximum Gasteiger partial charge on any atom is 0.237 e. The number of oxime groups is 1. The van der Waals surface area contributed by atoms with Crippen molar-refractivity contribution in [3.8, 4) is 0 Å². The standard InChI is InChI=1S/C8H16N4O2/c9-7(12-14)3-5-10-6-2-1-4-11-8(6)13/h6,10,14H,1-5H2,(H2,9,12)(H,11,13). The zero-order valence-corrected chi connectivity index (χ0v) is 7.99. The summed E-state index contributed by atoms with van der Waals surface area (Å²) in [6, 6.07) is -0.129. The normalized spacial score (nSPS) is 23.3. The monoisotopic (exact) mass is 200 g/mol. The lowest BCUT2D eigenvalue weighted by molar-refractivity contribution is -0.124. The molecular weight excluding hydrogens is 184 g/mol. The molecular formula is C8H16N4O2. The summed E-state index contributed by atoms with van der Waals surface area (Å²) in [6.07, 6.45) is 2.29. The van der Waals surface area contributed by atoms with E-state index >= 15 is 0 Å². The molecule has 1 saturated heterocycles. The minimum Gasteiger partial charge on any atom is -0.409 e. The van der Waals surface area contributed by atoms with E-state index in [0.29, 0.717) is 13.0 Å². The number of nitrogens with zero attached hydrogens (tertiary/aromatic N) is 1. The lowest BCUT2D eigenvalue weighted by Crippen LogP contribution is -2.48. The predicted octanol–water partition coefficient (Wildman–Crippen LogP) is -1.01. The van der Waals surface area contributed by atoms with E-state index in [1.54, 1.807) is 0 Å². The first-order valence-electron chi connectivity index (χ1n) is 4.71. The Kier molecular flexibility index (Phi) is 4.18. The van der Waals surface area contributed by atoms with Gasteiger partial charge >= 0.3 is 0 Å². The van der Waals surface area contributed by atoms with E-state index in [1.807, 2.05) is 0 Å². The fourth-order valence-corrected chi connectivity index (χ4v) is 1.39. The highest BCUT2D eigenvalue weighted by molar-refractivity contribution is 5.82. The Morgan fingerprint density at radius 2 is 2.57 bits per heavy atom. The van der Waals surface area contributed by atoms with Crippen LogP contribution < -0.4 is 16.4 Å². The highest BCUT2D eigenvalue weighted by atomic mass is 16.4. The average molecular weight is 200 g/mol. The third-order valence-electron chi connectivity index (χ3n) is 2.19. The number of carbonyl (C=O) groups excluding carboxylic acids is 1. The molecule has 0 aromatic carbocycles. The van der Waals surface area contributed by atoms with Crippen molar-refractivity contribution in [1.82, 2.24) is 10.6 Å². The summed E-state index contributed by atoms with van der Waals surface area (Å²) in [5, 5.41) is 16.9. The zero-order chi connectivity index (χ0) is 10.4. The molecule has 0 spiro atoms.